The van der Waals surface area contributed by atoms with Gasteiger partial charge in [0.05, 0.1) is 10.6 Å². The Morgan fingerprint density at radius 2 is 1.86 bits per heavy atom. The zero-order valence-electron chi connectivity index (χ0n) is 10.5. The van der Waals surface area contributed by atoms with Crippen LogP contribution in [0.25, 0.3) is 0 Å². The summed E-state index contributed by atoms with van der Waals surface area (Å²) in [4.78, 5) is 9.71. The molecule has 0 aliphatic carbocycles. The van der Waals surface area contributed by atoms with E-state index in [0.717, 1.165) is 12.1 Å². The molecule has 0 spiro atoms. The van der Waals surface area contributed by atoms with E-state index in [0.29, 0.717) is 4.47 Å². The number of anilines is 2. The van der Waals surface area contributed by atoms with E-state index in [2.05, 4.69) is 20.7 Å². The minimum atomic E-state index is -4.14. The van der Waals surface area contributed by atoms with Crippen molar-refractivity contribution in [1.82, 2.24) is 0 Å². The normalized spacial score (nSPS) is 11.1. The molecule has 2 aromatic rings. The molecular formula is C12H10BrN3O4S. The lowest BCUT2D eigenvalue weighted by atomic mass is 10.3. The van der Waals surface area contributed by atoms with Crippen LogP contribution in [0, 0.1) is 10.1 Å². The van der Waals surface area contributed by atoms with Crippen molar-refractivity contribution >= 4 is 43.0 Å². The topological polar surface area (TPSA) is 115 Å². The summed E-state index contributed by atoms with van der Waals surface area (Å²) < 4.78 is 27.5. The van der Waals surface area contributed by atoms with E-state index in [1.807, 2.05) is 0 Å². The molecule has 0 aromatic heterocycles. The monoisotopic (exact) mass is 371 g/mol. The fraction of sp³-hybridized carbons (Fsp3) is 0. The highest BCUT2D eigenvalue weighted by Gasteiger charge is 2.26. The molecule has 0 radical (unpaired) electrons. The second kappa shape index (κ2) is 5.70. The maximum atomic E-state index is 12.3. The first-order chi connectivity index (χ1) is 9.81. The van der Waals surface area contributed by atoms with E-state index < -0.39 is 25.5 Å². The molecular weight excluding hydrogens is 362 g/mol. The molecule has 110 valence electrons. The molecule has 2 rings (SSSR count). The van der Waals surface area contributed by atoms with Crippen LogP contribution in [0.1, 0.15) is 0 Å². The van der Waals surface area contributed by atoms with E-state index in [1.54, 1.807) is 18.2 Å². The maximum Gasteiger partial charge on any atom is 0.290 e. The SMILES string of the molecule is Nc1ccc([N+](=O)[O-])c(S(=O)(=O)Nc2ccccc2Br)c1. The minimum Gasteiger partial charge on any atom is -0.399 e. The van der Waals surface area contributed by atoms with Crippen molar-refractivity contribution in [3.8, 4) is 0 Å². The van der Waals surface area contributed by atoms with Crippen LogP contribution in [-0.4, -0.2) is 13.3 Å². The van der Waals surface area contributed by atoms with Crippen molar-refractivity contribution in [2.24, 2.45) is 0 Å². The Hall–Kier alpha value is -2.13. The van der Waals surface area contributed by atoms with Crippen molar-refractivity contribution in [2.45, 2.75) is 4.90 Å². The maximum absolute atomic E-state index is 12.3. The number of nitro groups is 1. The van der Waals surface area contributed by atoms with Crippen molar-refractivity contribution in [3.63, 3.8) is 0 Å². The minimum absolute atomic E-state index is 0.119. The number of nitro benzene ring substituents is 1. The van der Waals surface area contributed by atoms with Crippen LogP contribution < -0.4 is 10.5 Å². The molecule has 0 saturated carbocycles. The van der Waals surface area contributed by atoms with Crippen LogP contribution in [0.15, 0.2) is 51.8 Å². The summed E-state index contributed by atoms with van der Waals surface area (Å²) in [5, 5.41) is 11.0. The Balaban J connectivity index is 2.52. The van der Waals surface area contributed by atoms with E-state index in [1.165, 1.54) is 12.1 Å². The second-order valence-electron chi connectivity index (χ2n) is 4.07. The summed E-state index contributed by atoms with van der Waals surface area (Å²) in [5.41, 5.74) is 5.38. The third-order valence-electron chi connectivity index (χ3n) is 2.59. The lowest BCUT2D eigenvalue weighted by Gasteiger charge is -2.10. The van der Waals surface area contributed by atoms with Crippen LogP contribution in [0.3, 0.4) is 0 Å². The standard InChI is InChI=1S/C12H10BrN3O4S/c13-9-3-1-2-4-10(9)15-21(19,20)12-7-8(14)5-6-11(12)16(17)18/h1-7,15H,14H2. The Bertz CT molecular complexity index is 808. The van der Waals surface area contributed by atoms with E-state index in [-0.39, 0.29) is 11.4 Å². The third-order valence-corrected chi connectivity index (χ3v) is 4.67. The number of hydrogen-bond acceptors (Lipinski definition) is 5. The van der Waals surface area contributed by atoms with Crippen LogP contribution in [0.2, 0.25) is 0 Å². The van der Waals surface area contributed by atoms with Gasteiger partial charge in [0.25, 0.3) is 15.7 Å². The van der Waals surface area contributed by atoms with Gasteiger partial charge in [0.1, 0.15) is 0 Å². The zero-order chi connectivity index (χ0) is 15.6. The van der Waals surface area contributed by atoms with Gasteiger partial charge in [-0.25, -0.2) is 8.42 Å². The summed E-state index contributed by atoms with van der Waals surface area (Å²) in [6.45, 7) is 0. The molecule has 0 unspecified atom stereocenters. The molecule has 0 fully saturated rings. The van der Waals surface area contributed by atoms with Gasteiger partial charge in [-0.15, -0.1) is 0 Å². The molecule has 2 aromatic carbocycles. The number of nitrogens with one attached hydrogen (secondary N) is 1. The molecule has 0 bridgehead atoms. The lowest BCUT2D eigenvalue weighted by molar-refractivity contribution is -0.387. The molecule has 0 saturated heterocycles. The summed E-state index contributed by atoms with van der Waals surface area (Å²) >= 11 is 3.20. The number of nitrogen functional groups attached to an aromatic ring is 1. The van der Waals surface area contributed by atoms with Crippen molar-refractivity contribution in [2.75, 3.05) is 10.5 Å². The van der Waals surface area contributed by atoms with E-state index >= 15 is 0 Å². The number of rotatable bonds is 4. The largest absolute Gasteiger partial charge is 0.399 e. The molecule has 21 heavy (non-hydrogen) atoms. The van der Waals surface area contributed by atoms with Gasteiger partial charge in [-0.05, 0) is 40.2 Å². The number of para-hydroxylation sites is 1. The van der Waals surface area contributed by atoms with Gasteiger partial charge in [0.2, 0.25) is 0 Å². The fourth-order valence-electron chi connectivity index (χ4n) is 1.64. The number of nitrogens with zero attached hydrogens (tertiary/aromatic N) is 1. The molecule has 0 heterocycles. The predicted molar refractivity (Wildman–Crippen MR) is 82.5 cm³/mol. The Labute approximate surface area is 129 Å². The highest BCUT2D eigenvalue weighted by Crippen LogP contribution is 2.30. The van der Waals surface area contributed by atoms with Crippen LogP contribution >= 0.6 is 15.9 Å². The molecule has 3 N–H and O–H groups in total. The zero-order valence-corrected chi connectivity index (χ0v) is 12.9. The van der Waals surface area contributed by atoms with Crippen molar-refractivity contribution in [1.29, 1.82) is 0 Å². The van der Waals surface area contributed by atoms with Gasteiger partial charge in [0, 0.05) is 16.2 Å². The fourth-order valence-corrected chi connectivity index (χ4v) is 3.44. The predicted octanol–water partition coefficient (Wildman–Crippen LogP) is 2.74. The molecule has 7 nitrogen and oxygen atoms in total. The number of nitrogens with two attached hydrogens (primary N) is 1. The number of halogens is 1. The van der Waals surface area contributed by atoms with Gasteiger partial charge in [-0.3, -0.25) is 14.8 Å². The highest BCUT2D eigenvalue weighted by atomic mass is 79.9. The molecule has 9 heteroatoms. The summed E-state index contributed by atoms with van der Waals surface area (Å²) in [6, 6.07) is 9.91. The highest BCUT2D eigenvalue weighted by molar-refractivity contribution is 9.10. The second-order valence-corrected chi connectivity index (χ2v) is 6.57. The number of sulfonamides is 1. The third kappa shape index (κ3) is 3.31. The smallest absolute Gasteiger partial charge is 0.290 e. The first-order valence-corrected chi connectivity index (χ1v) is 7.90. The Kier molecular flexibility index (Phi) is 4.14. The van der Waals surface area contributed by atoms with Gasteiger partial charge in [-0.1, -0.05) is 12.1 Å². The first kappa shape index (κ1) is 15.3. The number of hydrogen-bond donors (Lipinski definition) is 2. The summed E-state index contributed by atoms with van der Waals surface area (Å²) in [5.74, 6) is 0. The quantitative estimate of drug-likeness (QED) is 0.486. The molecule has 0 aliphatic rings. The van der Waals surface area contributed by atoms with Crippen LogP contribution in [-0.2, 0) is 10.0 Å². The summed E-state index contributed by atoms with van der Waals surface area (Å²) in [7, 11) is -4.14. The van der Waals surface area contributed by atoms with E-state index in [4.69, 9.17) is 5.73 Å². The van der Waals surface area contributed by atoms with Gasteiger partial charge < -0.3 is 5.73 Å². The van der Waals surface area contributed by atoms with E-state index in [9.17, 15) is 18.5 Å². The molecule has 0 aliphatic heterocycles. The van der Waals surface area contributed by atoms with Crippen molar-refractivity contribution < 1.29 is 13.3 Å². The van der Waals surface area contributed by atoms with Gasteiger partial charge >= 0.3 is 0 Å². The molecule has 0 amide bonds. The lowest BCUT2D eigenvalue weighted by Crippen LogP contribution is -2.15. The average Bonchev–Trinajstić information content (AvgIpc) is 2.41. The average molecular weight is 372 g/mol. The van der Waals surface area contributed by atoms with Crippen LogP contribution in [0.4, 0.5) is 17.1 Å². The molecule has 0 atom stereocenters. The van der Waals surface area contributed by atoms with Gasteiger partial charge in [0.15, 0.2) is 4.90 Å². The summed E-state index contributed by atoms with van der Waals surface area (Å²) in [6.07, 6.45) is 0. The Morgan fingerprint density at radius 3 is 2.48 bits per heavy atom. The number of benzene rings is 2. The van der Waals surface area contributed by atoms with Gasteiger partial charge in [-0.2, -0.15) is 0 Å². The Morgan fingerprint density at radius 1 is 1.19 bits per heavy atom. The van der Waals surface area contributed by atoms with Crippen molar-refractivity contribution in [3.05, 3.63) is 57.1 Å². The van der Waals surface area contributed by atoms with Crippen LogP contribution in [0.5, 0.6) is 0 Å². The first-order valence-electron chi connectivity index (χ1n) is 5.62.